The lowest BCUT2D eigenvalue weighted by atomic mass is 9.94. The average molecular weight is 525 g/mol. The summed E-state index contributed by atoms with van der Waals surface area (Å²) in [4.78, 5) is 30.5. The normalized spacial score (nSPS) is 13.8. The van der Waals surface area contributed by atoms with Crippen molar-refractivity contribution < 1.29 is 22.8 Å². The van der Waals surface area contributed by atoms with E-state index in [2.05, 4.69) is 15.6 Å². The van der Waals surface area contributed by atoms with Crippen LogP contribution in [0.2, 0.25) is 0 Å². The van der Waals surface area contributed by atoms with Crippen LogP contribution in [0.4, 0.5) is 8.78 Å². The maximum absolute atomic E-state index is 16.3. The van der Waals surface area contributed by atoms with Gasteiger partial charge in [0.15, 0.2) is 0 Å². The van der Waals surface area contributed by atoms with Crippen molar-refractivity contribution in [3.05, 3.63) is 107 Å². The summed E-state index contributed by atoms with van der Waals surface area (Å²) in [6.45, 7) is 1.83. The lowest BCUT2D eigenvalue weighted by Crippen LogP contribution is -2.35. The van der Waals surface area contributed by atoms with Crippen LogP contribution >= 0.6 is 0 Å². The lowest BCUT2D eigenvalue weighted by Gasteiger charge is -2.22. The Hall–Kier alpha value is -4.72. The molecule has 6 rings (SSSR count). The van der Waals surface area contributed by atoms with Gasteiger partial charge in [0.1, 0.15) is 23.0 Å². The fraction of sp³-hybridized carbons (Fsp3) is 0.161. The monoisotopic (exact) mass is 524 g/mol. The van der Waals surface area contributed by atoms with Crippen molar-refractivity contribution in [2.45, 2.75) is 25.3 Å². The van der Waals surface area contributed by atoms with Crippen molar-refractivity contribution in [1.29, 1.82) is 0 Å². The molecular formula is C31H24F2N3O3-. The Morgan fingerprint density at radius 3 is 2.38 bits per heavy atom. The standard InChI is InChI=1S/C31H24F2N3O3/c1-17-5-6-19(29(37)36-31(13-14-31)24-4-3-15-35-24)16-22(17)21-11-12-23-25(27(21)33)26(30(38)34-2)28(39-23)18-7-9-20(32)10-8-18/h3-12,15-16H,13-14H2,1-2H3,(H,34,38)(H,36,37)/q-1. The molecule has 0 spiro atoms. The van der Waals surface area contributed by atoms with Gasteiger partial charge in [-0.15, -0.1) is 5.69 Å². The van der Waals surface area contributed by atoms with E-state index in [4.69, 9.17) is 4.42 Å². The van der Waals surface area contributed by atoms with E-state index in [1.54, 1.807) is 36.5 Å². The van der Waals surface area contributed by atoms with E-state index in [1.807, 2.05) is 19.1 Å². The highest BCUT2D eigenvalue weighted by Crippen LogP contribution is 2.45. The quantitative estimate of drug-likeness (QED) is 0.282. The van der Waals surface area contributed by atoms with Gasteiger partial charge in [-0.1, -0.05) is 18.2 Å². The molecule has 1 aliphatic carbocycles. The van der Waals surface area contributed by atoms with Gasteiger partial charge in [0.25, 0.3) is 11.8 Å². The van der Waals surface area contributed by atoms with Gasteiger partial charge in [-0.25, -0.2) is 8.78 Å². The van der Waals surface area contributed by atoms with Crippen LogP contribution in [0.3, 0.4) is 0 Å². The minimum absolute atomic E-state index is 0.0136. The van der Waals surface area contributed by atoms with Crippen LogP contribution < -0.4 is 15.6 Å². The van der Waals surface area contributed by atoms with Crippen molar-refractivity contribution in [3.63, 3.8) is 0 Å². The topological polar surface area (TPSA) is 85.4 Å². The Labute approximate surface area is 223 Å². The van der Waals surface area contributed by atoms with Crippen LogP contribution in [0.5, 0.6) is 0 Å². The molecule has 1 saturated carbocycles. The molecule has 0 atom stereocenters. The van der Waals surface area contributed by atoms with Gasteiger partial charge in [0.05, 0.1) is 10.9 Å². The number of hydrogen-bond donors (Lipinski definition) is 2. The number of nitrogens with one attached hydrogen (secondary N) is 2. The van der Waals surface area contributed by atoms with Crippen LogP contribution in [0, 0.1) is 18.6 Å². The molecule has 0 radical (unpaired) electrons. The smallest absolute Gasteiger partial charge is 0.255 e. The molecule has 39 heavy (non-hydrogen) atoms. The van der Waals surface area contributed by atoms with Gasteiger partial charge in [0.2, 0.25) is 0 Å². The second kappa shape index (κ2) is 9.23. The molecule has 0 bridgehead atoms. The fourth-order valence-electron chi connectivity index (χ4n) is 5.00. The summed E-state index contributed by atoms with van der Waals surface area (Å²) < 4.78 is 35.7. The van der Waals surface area contributed by atoms with E-state index in [-0.39, 0.29) is 33.8 Å². The molecule has 0 aliphatic heterocycles. The number of carbonyl (C=O) groups is 2. The summed E-state index contributed by atoms with van der Waals surface area (Å²) in [5.41, 5.74) is 2.89. The maximum atomic E-state index is 16.3. The van der Waals surface area contributed by atoms with Crippen molar-refractivity contribution in [2.75, 3.05) is 7.05 Å². The predicted molar refractivity (Wildman–Crippen MR) is 143 cm³/mol. The SMILES string of the molecule is CNC(=O)c1c(-c2ccc(F)cc2)oc2ccc(-c3cc(C(=O)NC4(c5ccc[n-]5)CC4)ccc3C)c(F)c12. The molecule has 2 N–H and O–H groups in total. The minimum atomic E-state index is -0.650. The molecule has 2 heterocycles. The highest BCUT2D eigenvalue weighted by atomic mass is 19.1. The van der Waals surface area contributed by atoms with E-state index >= 15 is 4.39 Å². The first-order valence-corrected chi connectivity index (χ1v) is 12.6. The van der Waals surface area contributed by atoms with E-state index in [9.17, 15) is 14.0 Å². The Morgan fingerprint density at radius 2 is 1.72 bits per heavy atom. The van der Waals surface area contributed by atoms with Crippen LogP contribution in [-0.4, -0.2) is 18.9 Å². The maximum Gasteiger partial charge on any atom is 0.255 e. The second-order valence-electron chi connectivity index (χ2n) is 9.78. The molecule has 8 heteroatoms. The summed E-state index contributed by atoms with van der Waals surface area (Å²) >= 11 is 0. The molecule has 6 nitrogen and oxygen atoms in total. The summed E-state index contributed by atoms with van der Waals surface area (Å²) in [6, 6.07) is 17.5. The number of nitrogens with zero attached hydrogens (tertiary/aromatic N) is 1. The Kier molecular flexibility index (Phi) is 5.83. The molecule has 0 unspecified atom stereocenters. The molecule has 2 amide bonds. The van der Waals surface area contributed by atoms with Gasteiger partial charge in [0, 0.05) is 29.3 Å². The number of fused-ring (bicyclic) bond motifs is 1. The number of aromatic nitrogens is 1. The Bertz CT molecular complexity index is 1730. The summed E-state index contributed by atoms with van der Waals surface area (Å²) in [7, 11) is 1.45. The third-order valence-electron chi connectivity index (χ3n) is 7.29. The van der Waals surface area contributed by atoms with Gasteiger partial charge in [-0.3, -0.25) is 9.59 Å². The molecule has 2 aromatic heterocycles. The number of hydrogen-bond acceptors (Lipinski definition) is 3. The van der Waals surface area contributed by atoms with Gasteiger partial charge in [-0.2, -0.15) is 6.20 Å². The van der Waals surface area contributed by atoms with E-state index < -0.39 is 23.1 Å². The Balaban J connectivity index is 1.44. The number of furan rings is 1. The minimum Gasteiger partial charge on any atom is -0.666 e. The number of aryl methyl sites for hydroxylation is 1. The van der Waals surface area contributed by atoms with Gasteiger partial charge >= 0.3 is 0 Å². The molecule has 5 aromatic rings. The van der Waals surface area contributed by atoms with E-state index in [1.165, 1.54) is 31.3 Å². The van der Waals surface area contributed by atoms with Gasteiger partial charge < -0.3 is 20.0 Å². The highest BCUT2D eigenvalue weighted by molar-refractivity contribution is 6.12. The number of carbonyl (C=O) groups excluding carboxylic acids is 2. The van der Waals surface area contributed by atoms with Crippen molar-refractivity contribution in [1.82, 2.24) is 15.6 Å². The number of rotatable bonds is 6. The zero-order valence-corrected chi connectivity index (χ0v) is 21.3. The summed E-state index contributed by atoms with van der Waals surface area (Å²) in [5, 5.41) is 5.65. The van der Waals surface area contributed by atoms with E-state index in [0.29, 0.717) is 16.7 Å². The van der Waals surface area contributed by atoms with Gasteiger partial charge in [-0.05, 0) is 79.4 Å². The van der Waals surface area contributed by atoms with Crippen LogP contribution in [0.15, 0.2) is 77.3 Å². The summed E-state index contributed by atoms with van der Waals surface area (Å²) in [5.74, 6) is -1.76. The van der Waals surface area contributed by atoms with Crippen LogP contribution in [0.1, 0.15) is 44.8 Å². The number of amides is 2. The lowest BCUT2D eigenvalue weighted by molar-refractivity contribution is 0.0928. The second-order valence-corrected chi connectivity index (χ2v) is 9.78. The first-order valence-electron chi connectivity index (χ1n) is 12.6. The molecule has 196 valence electrons. The molecule has 0 saturated heterocycles. The summed E-state index contributed by atoms with van der Waals surface area (Å²) in [6.07, 6.45) is 3.31. The molecule has 1 aliphatic rings. The zero-order chi connectivity index (χ0) is 27.3. The van der Waals surface area contributed by atoms with Crippen molar-refractivity contribution in [3.8, 4) is 22.5 Å². The fourth-order valence-corrected chi connectivity index (χ4v) is 5.00. The van der Waals surface area contributed by atoms with E-state index in [0.717, 1.165) is 24.1 Å². The van der Waals surface area contributed by atoms with Crippen LogP contribution in [0.25, 0.3) is 33.4 Å². The number of halogens is 2. The van der Waals surface area contributed by atoms with Crippen LogP contribution in [-0.2, 0) is 5.54 Å². The first kappa shape index (κ1) is 24.6. The Morgan fingerprint density at radius 1 is 0.949 bits per heavy atom. The third kappa shape index (κ3) is 4.18. The molecule has 1 fully saturated rings. The predicted octanol–water partition coefficient (Wildman–Crippen LogP) is 6.09. The zero-order valence-electron chi connectivity index (χ0n) is 21.3. The molecular weight excluding hydrogens is 500 g/mol. The average Bonchev–Trinajstić information content (AvgIpc) is 3.33. The van der Waals surface area contributed by atoms with Crippen molar-refractivity contribution >= 4 is 22.8 Å². The highest BCUT2D eigenvalue weighted by Gasteiger charge is 2.43. The van der Waals surface area contributed by atoms with Crippen molar-refractivity contribution in [2.24, 2.45) is 0 Å². The largest absolute Gasteiger partial charge is 0.666 e. The molecule has 3 aromatic carbocycles. The third-order valence-corrected chi connectivity index (χ3v) is 7.29. The number of benzene rings is 3. The first-order chi connectivity index (χ1) is 18.8.